The van der Waals surface area contributed by atoms with Gasteiger partial charge in [0.2, 0.25) is 15.2 Å². The fourth-order valence-corrected chi connectivity index (χ4v) is 6.64. The summed E-state index contributed by atoms with van der Waals surface area (Å²) in [5, 5.41) is 17.2. The van der Waals surface area contributed by atoms with Crippen molar-refractivity contribution in [3.63, 3.8) is 0 Å². The van der Waals surface area contributed by atoms with Gasteiger partial charge in [-0.25, -0.2) is 35.9 Å². The number of piperidine rings is 1. The van der Waals surface area contributed by atoms with E-state index < -0.39 is 32.9 Å². The predicted molar refractivity (Wildman–Crippen MR) is 129 cm³/mol. The van der Waals surface area contributed by atoms with Crippen molar-refractivity contribution in [3.05, 3.63) is 29.5 Å². The van der Waals surface area contributed by atoms with Gasteiger partial charge in [0, 0.05) is 31.3 Å². The lowest BCUT2D eigenvalue weighted by atomic mass is 10.1. The zero-order valence-electron chi connectivity index (χ0n) is 19.4. The molecule has 1 saturated carbocycles. The molecular formula is C22H18F4N8O2S2. The van der Waals surface area contributed by atoms with Crippen molar-refractivity contribution in [1.82, 2.24) is 29.5 Å². The molecule has 16 heteroatoms. The van der Waals surface area contributed by atoms with Crippen LogP contribution in [0.2, 0.25) is 0 Å². The Hall–Kier alpha value is -3.42. The number of nitrogens with one attached hydrogen (secondary N) is 1. The molecule has 1 aromatic carbocycles. The molecule has 4 heterocycles. The summed E-state index contributed by atoms with van der Waals surface area (Å²) in [4.78, 5) is 10.2. The molecule has 0 unspecified atom stereocenters. The summed E-state index contributed by atoms with van der Waals surface area (Å²) in [5.74, 6) is -2.42. The van der Waals surface area contributed by atoms with Crippen LogP contribution in [0.1, 0.15) is 37.1 Å². The molecule has 198 valence electrons. The number of benzene rings is 1. The van der Waals surface area contributed by atoms with Gasteiger partial charge in [-0.15, -0.1) is 10.2 Å². The monoisotopic (exact) mass is 566 g/mol. The fourth-order valence-electron chi connectivity index (χ4n) is 4.53. The summed E-state index contributed by atoms with van der Waals surface area (Å²) in [6.07, 6.45) is -1.58. The molecule has 0 atom stereocenters. The number of fused-ring (bicyclic) bond motifs is 3. The molecule has 0 amide bonds. The van der Waals surface area contributed by atoms with Crippen molar-refractivity contribution in [2.75, 3.05) is 18.0 Å². The number of hydrogen-bond donors (Lipinski definition) is 1. The molecule has 2 aliphatic rings. The van der Waals surface area contributed by atoms with E-state index in [0.29, 0.717) is 40.8 Å². The summed E-state index contributed by atoms with van der Waals surface area (Å²) in [7, 11) is -4.12. The Morgan fingerprint density at radius 3 is 2.47 bits per heavy atom. The summed E-state index contributed by atoms with van der Waals surface area (Å²) < 4.78 is 84.4. The molecule has 1 N–H and O–H groups in total. The number of nitriles is 1. The number of aromatic nitrogens is 5. The van der Waals surface area contributed by atoms with E-state index in [1.807, 2.05) is 6.07 Å². The minimum atomic E-state index is -4.12. The number of halogens is 4. The SMILES string of the molecule is N#CC1(NS(=O)(=O)c2ccc3c4c(N5CCC(F)(F)CC5)ncnc4n(-c4nnc(C(F)F)s4)c3c2)CC1. The highest BCUT2D eigenvalue weighted by Crippen LogP contribution is 2.41. The average molecular weight is 567 g/mol. The Morgan fingerprint density at radius 1 is 1.11 bits per heavy atom. The molecule has 0 bridgehead atoms. The molecule has 10 nitrogen and oxygen atoms in total. The van der Waals surface area contributed by atoms with Gasteiger partial charge in [-0.1, -0.05) is 17.4 Å². The Balaban J connectivity index is 1.56. The standard InChI is InChI=1S/C22H18F4N8O2S2/c23-16(24)19-30-31-20(37-19)34-14-9-12(38(35,36)32-21(10-27)3-4-21)1-2-13(14)15-17(28-11-29-18(15)34)33-7-5-22(25,26)6-8-33/h1-2,9,11,16,32H,3-8H2. The maximum atomic E-state index is 13.8. The highest BCUT2D eigenvalue weighted by molar-refractivity contribution is 7.89. The van der Waals surface area contributed by atoms with E-state index in [0.717, 1.165) is 0 Å². The zero-order valence-corrected chi connectivity index (χ0v) is 21.0. The lowest BCUT2D eigenvalue weighted by molar-refractivity contribution is -0.0221. The van der Waals surface area contributed by atoms with Crippen LogP contribution in [0, 0.1) is 11.3 Å². The van der Waals surface area contributed by atoms with E-state index in [1.54, 1.807) is 4.90 Å². The number of alkyl halides is 4. The van der Waals surface area contributed by atoms with Crippen molar-refractivity contribution in [2.45, 2.75) is 48.5 Å². The minimum Gasteiger partial charge on any atom is -0.355 e. The number of nitrogens with zero attached hydrogens (tertiary/aromatic N) is 7. The number of anilines is 1. The van der Waals surface area contributed by atoms with E-state index in [4.69, 9.17) is 0 Å². The van der Waals surface area contributed by atoms with Crippen molar-refractivity contribution < 1.29 is 26.0 Å². The Kier molecular flexibility index (Phi) is 5.60. The van der Waals surface area contributed by atoms with E-state index in [1.165, 1.54) is 29.1 Å². The van der Waals surface area contributed by atoms with Gasteiger partial charge in [0.05, 0.1) is 21.9 Å². The highest BCUT2D eigenvalue weighted by Gasteiger charge is 2.47. The number of hydrogen-bond acceptors (Lipinski definition) is 9. The quantitative estimate of drug-likeness (QED) is 0.348. The van der Waals surface area contributed by atoms with Crippen LogP contribution >= 0.6 is 11.3 Å². The van der Waals surface area contributed by atoms with Crippen LogP contribution in [-0.4, -0.2) is 57.7 Å². The zero-order chi connectivity index (χ0) is 26.9. The molecule has 1 aliphatic heterocycles. The maximum Gasteiger partial charge on any atom is 0.291 e. The van der Waals surface area contributed by atoms with Crippen LogP contribution in [0.4, 0.5) is 23.4 Å². The third-order valence-electron chi connectivity index (χ3n) is 6.70. The van der Waals surface area contributed by atoms with E-state index >= 15 is 0 Å². The number of rotatable bonds is 6. The Bertz CT molecular complexity index is 1720. The van der Waals surface area contributed by atoms with Crippen LogP contribution in [0.3, 0.4) is 0 Å². The molecule has 1 aliphatic carbocycles. The van der Waals surface area contributed by atoms with Crippen LogP contribution < -0.4 is 9.62 Å². The summed E-state index contributed by atoms with van der Waals surface area (Å²) >= 11 is 0.616. The van der Waals surface area contributed by atoms with Crippen molar-refractivity contribution in [1.29, 1.82) is 5.26 Å². The minimum absolute atomic E-state index is 0.0216. The van der Waals surface area contributed by atoms with Crippen LogP contribution in [0.5, 0.6) is 0 Å². The third-order valence-corrected chi connectivity index (χ3v) is 9.15. The smallest absolute Gasteiger partial charge is 0.291 e. The van der Waals surface area contributed by atoms with Gasteiger partial charge >= 0.3 is 0 Å². The van der Waals surface area contributed by atoms with Crippen molar-refractivity contribution in [3.8, 4) is 11.2 Å². The normalized spacial score (nSPS) is 18.8. The molecule has 2 fully saturated rings. The molecule has 1 saturated heterocycles. The second kappa shape index (κ2) is 8.55. The third kappa shape index (κ3) is 4.14. The Labute approximate surface area is 217 Å². The van der Waals surface area contributed by atoms with E-state index in [9.17, 15) is 31.2 Å². The molecule has 4 aromatic rings. The van der Waals surface area contributed by atoms with Gasteiger partial charge in [-0.3, -0.25) is 4.57 Å². The Morgan fingerprint density at radius 2 is 1.84 bits per heavy atom. The summed E-state index contributed by atoms with van der Waals surface area (Å²) in [6, 6.07) is 6.19. The molecule has 0 spiro atoms. The van der Waals surface area contributed by atoms with Gasteiger partial charge in [0.25, 0.3) is 12.3 Å². The number of sulfonamides is 1. The van der Waals surface area contributed by atoms with Crippen LogP contribution in [0.25, 0.3) is 27.1 Å². The van der Waals surface area contributed by atoms with Gasteiger partial charge in [-0.05, 0) is 25.0 Å². The molecule has 0 radical (unpaired) electrons. The van der Waals surface area contributed by atoms with Gasteiger partial charge in [0.15, 0.2) is 10.7 Å². The van der Waals surface area contributed by atoms with Crippen molar-refractivity contribution in [2.24, 2.45) is 0 Å². The first-order valence-corrected chi connectivity index (χ1v) is 13.8. The fraction of sp³-hybridized carbons (Fsp3) is 0.409. The summed E-state index contributed by atoms with van der Waals surface area (Å²) in [6.45, 7) is 0.0689. The van der Waals surface area contributed by atoms with Gasteiger partial charge in [0.1, 0.15) is 17.7 Å². The van der Waals surface area contributed by atoms with Gasteiger partial charge < -0.3 is 4.90 Å². The molecular weight excluding hydrogens is 548 g/mol. The predicted octanol–water partition coefficient (Wildman–Crippen LogP) is 3.93. The molecule has 38 heavy (non-hydrogen) atoms. The summed E-state index contributed by atoms with van der Waals surface area (Å²) in [5.41, 5.74) is -0.649. The highest BCUT2D eigenvalue weighted by atomic mass is 32.2. The van der Waals surface area contributed by atoms with E-state index in [2.05, 4.69) is 24.9 Å². The first kappa shape index (κ1) is 24.9. The van der Waals surface area contributed by atoms with Gasteiger partial charge in [-0.2, -0.15) is 9.98 Å². The first-order valence-electron chi connectivity index (χ1n) is 11.5. The first-order chi connectivity index (χ1) is 18.0. The van der Waals surface area contributed by atoms with Crippen molar-refractivity contribution >= 4 is 49.1 Å². The topological polar surface area (TPSA) is 130 Å². The second-order valence-corrected chi connectivity index (χ2v) is 11.9. The molecule has 6 rings (SSSR count). The van der Waals surface area contributed by atoms with Crippen LogP contribution in [0.15, 0.2) is 29.4 Å². The second-order valence-electron chi connectivity index (χ2n) is 9.28. The largest absolute Gasteiger partial charge is 0.355 e. The lowest BCUT2D eigenvalue weighted by Crippen LogP contribution is -2.39. The average Bonchev–Trinajstić information content (AvgIpc) is 3.32. The van der Waals surface area contributed by atoms with Crippen LogP contribution in [-0.2, 0) is 10.0 Å². The molecule has 3 aromatic heterocycles. The lowest BCUT2D eigenvalue weighted by Gasteiger charge is -2.32. The van der Waals surface area contributed by atoms with E-state index in [-0.39, 0.29) is 47.1 Å². The maximum absolute atomic E-state index is 13.8.